The Morgan fingerprint density at radius 3 is 1.44 bits per heavy atom. The first kappa shape index (κ1) is 18.0. The largest absolute Gasteiger partial charge is 0.0654 e. The molecular weight excluding hydrogens is 216 g/mol. The van der Waals surface area contributed by atoms with E-state index in [4.69, 9.17) is 0 Å². The molecule has 1 atom stereocenters. The molecule has 0 fully saturated rings. The van der Waals surface area contributed by atoms with Crippen LogP contribution in [0.4, 0.5) is 0 Å². The molecule has 0 aliphatic rings. The molecule has 0 nitrogen and oxygen atoms in total. The van der Waals surface area contributed by atoms with Gasteiger partial charge in [-0.25, -0.2) is 0 Å². The van der Waals surface area contributed by atoms with Gasteiger partial charge in [0.25, 0.3) is 0 Å². The van der Waals surface area contributed by atoms with E-state index in [0.717, 1.165) is 0 Å². The standard InChI is InChI=1S/C18H38/c1-11-13-18(10,15(3,4)5)17(8,9)14-16(6,7)12-2/h11-14H2,1-10H3. The first-order valence-corrected chi connectivity index (χ1v) is 7.83. The smallest absolute Gasteiger partial charge is 0.0226 e. The van der Waals surface area contributed by atoms with Crippen molar-refractivity contribution in [3.05, 3.63) is 0 Å². The third kappa shape index (κ3) is 3.75. The highest BCUT2D eigenvalue weighted by molar-refractivity contribution is 4.98. The lowest BCUT2D eigenvalue weighted by molar-refractivity contribution is -0.0587. The van der Waals surface area contributed by atoms with Gasteiger partial charge >= 0.3 is 0 Å². The maximum Gasteiger partial charge on any atom is -0.0226 e. The van der Waals surface area contributed by atoms with Gasteiger partial charge in [0.1, 0.15) is 0 Å². The molecule has 110 valence electrons. The summed E-state index contributed by atoms with van der Waals surface area (Å²) in [7, 11) is 0. The van der Waals surface area contributed by atoms with E-state index in [1.54, 1.807) is 0 Å². The average molecular weight is 255 g/mol. The van der Waals surface area contributed by atoms with Gasteiger partial charge in [0.2, 0.25) is 0 Å². The fourth-order valence-corrected chi connectivity index (χ4v) is 3.75. The van der Waals surface area contributed by atoms with Crippen molar-refractivity contribution in [3.8, 4) is 0 Å². The van der Waals surface area contributed by atoms with Crippen LogP contribution in [0.2, 0.25) is 0 Å². The molecule has 0 aromatic rings. The van der Waals surface area contributed by atoms with Gasteiger partial charge in [-0.05, 0) is 34.5 Å². The van der Waals surface area contributed by atoms with Crippen LogP contribution in [0, 0.1) is 21.7 Å². The molecule has 1 unspecified atom stereocenters. The van der Waals surface area contributed by atoms with Crippen molar-refractivity contribution in [3.63, 3.8) is 0 Å². The minimum absolute atomic E-state index is 0.357. The molecule has 0 heterocycles. The molecule has 0 rings (SSSR count). The predicted octanol–water partition coefficient (Wildman–Crippen LogP) is 6.69. The van der Waals surface area contributed by atoms with E-state index in [-0.39, 0.29) is 0 Å². The molecule has 0 aromatic heterocycles. The summed E-state index contributed by atoms with van der Waals surface area (Å²) >= 11 is 0. The van der Waals surface area contributed by atoms with Crippen LogP contribution < -0.4 is 0 Å². The summed E-state index contributed by atoms with van der Waals surface area (Å²) in [5.74, 6) is 0. The van der Waals surface area contributed by atoms with Crippen LogP contribution in [0.25, 0.3) is 0 Å². The summed E-state index contributed by atoms with van der Waals surface area (Å²) < 4.78 is 0. The highest BCUT2D eigenvalue weighted by atomic mass is 14.5. The molecule has 0 aliphatic carbocycles. The van der Waals surface area contributed by atoms with Crippen LogP contribution in [-0.2, 0) is 0 Å². The third-order valence-electron chi connectivity index (χ3n) is 5.78. The van der Waals surface area contributed by atoms with Gasteiger partial charge in [-0.3, -0.25) is 0 Å². The Bertz CT molecular complexity index is 252. The Labute approximate surface area is 117 Å². The molecule has 0 spiro atoms. The van der Waals surface area contributed by atoms with E-state index < -0.39 is 0 Å². The normalized spacial score (nSPS) is 17.7. The number of hydrogen-bond donors (Lipinski definition) is 0. The van der Waals surface area contributed by atoms with Gasteiger partial charge in [-0.1, -0.05) is 82.1 Å². The number of hydrogen-bond acceptors (Lipinski definition) is 0. The topological polar surface area (TPSA) is 0 Å². The second kappa shape index (κ2) is 5.55. The van der Waals surface area contributed by atoms with E-state index in [1.165, 1.54) is 25.7 Å². The fraction of sp³-hybridized carbons (Fsp3) is 1.00. The van der Waals surface area contributed by atoms with E-state index in [0.29, 0.717) is 21.7 Å². The summed E-state index contributed by atoms with van der Waals surface area (Å²) in [6.45, 7) is 24.2. The van der Waals surface area contributed by atoms with Gasteiger partial charge in [0.05, 0.1) is 0 Å². The van der Waals surface area contributed by atoms with Gasteiger partial charge in [0.15, 0.2) is 0 Å². The Balaban J connectivity index is 5.36. The van der Waals surface area contributed by atoms with Gasteiger partial charge in [0, 0.05) is 0 Å². The van der Waals surface area contributed by atoms with E-state index in [2.05, 4.69) is 69.2 Å². The molecule has 0 amide bonds. The van der Waals surface area contributed by atoms with Gasteiger partial charge < -0.3 is 0 Å². The lowest BCUT2D eigenvalue weighted by atomic mass is 9.50. The van der Waals surface area contributed by atoms with Crippen molar-refractivity contribution >= 4 is 0 Å². The van der Waals surface area contributed by atoms with Crippen molar-refractivity contribution in [1.29, 1.82) is 0 Å². The summed E-state index contributed by atoms with van der Waals surface area (Å²) in [6.07, 6.45) is 5.18. The molecule has 0 bridgehead atoms. The maximum atomic E-state index is 2.52. The molecule has 0 aromatic carbocycles. The molecule has 0 saturated heterocycles. The van der Waals surface area contributed by atoms with Crippen LogP contribution in [0.5, 0.6) is 0 Å². The maximum absolute atomic E-state index is 2.52. The summed E-state index contributed by atoms with van der Waals surface area (Å²) in [5.41, 5.74) is 1.57. The predicted molar refractivity (Wildman–Crippen MR) is 84.9 cm³/mol. The van der Waals surface area contributed by atoms with Crippen molar-refractivity contribution < 1.29 is 0 Å². The summed E-state index contributed by atoms with van der Waals surface area (Å²) in [5, 5.41) is 0. The zero-order chi connectivity index (χ0) is 14.8. The first-order chi connectivity index (χ1) is 7.83. The SMILES string of the molecule is CCCC(C)(C(C)(C)C)C(C)(C)CC(C)(C)CC. The second-order valence-corrected chi connectivity index (χ2v) is 8.91. The fourth-order valence-electron chi connectivity index (χ4n) is 3.75. The summed E-state index contributed by atoms with van der Waals surface area (Å²) in [4.78, 5) is 0. The highest BCUT2D eigenvalue weighted by Gasteiger charge is 2.49. The molecular formula is C18H38. The van der Waals surface area contributed by atoms with Crippen LogP contribution >= 0.6 is 0 Å². The zero-order valence-corrected chi connectivity index (χ0v) is 14.8. The van der Waals surface area contributed by atoms with E-state index >= 15 is 0 Å². The Kier molecular flexibility index (Phi) is 5.55. The quantitative estimate of drug-likeness (QED) is 0.495. The lowest BCUT2D eigenvalue weighted by Crippen LogP contribution is -2.47. The van der Waals surface area contributed by atoms with E-state index in [9.17, 15) is 0 Å². The highest BCUT2D eigenvalue weighted by Crippen LogP contribution is 2.58. The lowest BCUT2D eigenvalue weighted by Gasteiger charge is -2.55. The second-order valence-electron chi connectivity index (χ2n) is 8.91. The van der Waals surface area contributed by atoms with Crippen LogP contribution in [0.1, 0.15) is 94.9 Å². The molecule has 0 radical (unpaired) electrons. The van der Waals surface area contributed by atoms with Gasteiger partial charge in [-0.15, -0.1) is 0 Å². The van der Waals surface area contributed by atoms with Crippen LogP contribution in [0.3, 0.4) is 0 Å². The van der Waals surface area contributed by atoms with E-state index in [1.807, 2.05) is 0 Å². The minimum atomic E-state index is 0.357. The Hall–Kier alpha value is 0. The molecule has 0 aliphatic heterocycles. The third-order valence-corrected chi connectivity index (χ3v) is 5.78. The van der Waals surface area contributed by atoms with Crippen molar-refractivity contribution in [1.82, 2.24) is 0 Å². The molecule has 0 saturated carbocycles. The monoisotopic (exact) mass is 254 g/mol. The van der Waals surface area contributed by atoms with Crippen molar-refractivity contribution in [2.75, 3.05) is 0 Å². The zero-order valence-electron chi connectivity index (χ0n) is 14.8. The van der Waals surface area contributed by atoms with Crippen LogP contribution in [0.15, 0.2) is 0 Å². The summed E-state index contributed by atoms with van der Waals surface area (Å²) in [6, 6.07) is 0. The Morgan fingerprint density at radius 1 is 0.722 bits per heavy atom. The van der Waals surface area contributed by atoms with Crippen molar-refractivity contribution in [2.45, 2.75) is 94.9 Å². The molecule has 0 N–H and O–H groups in total. The number of rotatable bonds is 6. The first-order valence-electron chi connectivity index (χ1n) is 7.83. The Morgan fingerprint density at radius 2 is 1.17 bits per heavy atom. The molecule has 18 heavy (non-hydrogen) atoms. The minimum Gasteiger partial charge on any atom is -0.0654 e. The van der Waals surface area contributed by atoms with Crippen LogP contribution in [-0.4, -0.2) is 0 Å². The van der Waals surface area contributed by atoms with Crippen molar-refractivity contribution in [2.24, 2.45) is 21.7 Å². The van der Waals surface area contributed by atoms with Gasteiger partial charge in [-0.2, -0.15) is 0 Å². The molecule has 0 heteroatoms. The average Bonchev–Trinajstić information content (AvgIpc) is 2.14.